The highest BCUT2D eigenvalue weighted by Crippen LogP contribution is 2.18. The van der Waals surface area contributed by atoms with Crippen LogP contribution in [-0.2, 0) is 0 Å². The minimum Gasteiger partial charge on any atom is -0.315 e. The number of nitrogens with one attached hydrogen (secondary N) is 2. The predicted octanol–water partition coefficient (Wildman–Crippen LogP) is 1.27. The zero-order chi connectivity index (χ0) is 8.23. The molecule has 12 heavy (non-hydrogen) atoms. The van der Waals surface area contributed by atoms with E-state index in [4.69, 9.17) is 0 Å². The molecule has 0 bridgehead atoms. The molecule has 0 aromatic carbocycles. The summed E-state index contributed by atoms with van der Waals surface area (Å²) in [5, 5.41) is 7.15. The van der Waals surface area contributed by atoms with Gasteiger partial charge < -0.3 is 10.6 Å². The van der Waals surface area contributed by atoms with Crippen LogP contribution in [0.25, 0.3) is 0 Å². The summed E-state index contributed by atoms with van der Waals surface area (Å²) in [6.07, 6.45) is 8.50. The Morgan fingerprint density at radius 3 is 2.42 bits per heavy atom. The molecule has 2 aliphatic rings. The molecule has 1 aliphatic carbocycles. The first-order valence-electron chi connectivity index (χ1n) is 5.42. The van der Waals surface area contributed by atoms with E-state index in [0.717, 1.165) is 12.1 Å². The van der Waals surface area contributed by atoms with Crippen LogP contribution in [0.2, 0.25) is 0 Å². The topological polar surface area (TPSA) is 24.1 Å². The molecule has 0 unspecified atom stereocenters. The van der Waals surface area contributed by atoms with E-state index in [9.17, 15) is 0 Å². The molecule has 2 fully saturated rings. The fourth-order valence-electron chi connectivity index (χ4n) is 2.40. The van der Waals surface area contributed by atoms with Gasteiger partial charge in [-0.25, -0.2) is 0 Å². The van der Waals surface area contributed by atoms with Gasteiger partial charge in [0, 0.05) is 18.6 Å². The van der Waals surface area contributed by atoms with Crippen molar-refractivity contribution in [2.45, 2.75) is 50.6 Å². The lowest BCUT2D eigenvalue weighted by molar-refractivity contribution is 0.343. The SMILES string of the molecule is C1CCC(N[C@H]2CCNC2)CC1. The van der Waals surface area contributed by atoms with Crippen LogP contribution in [0.4, 0.5) is 0 Å². The molecule has 1 atom stereocenters. The van der Waals surface area contributed by atoms with Gasteiger partial charge in [0.2, 0.25) is 0 Å². The minimum absolute atomic E-state index is 0.771. The molecule has 0 radical (unpaired) electrons. The van der Waals surface area contributed by atoms with Crippen molar-refractivity contribution in [1.82, 2.24) is 10.6 Å². The van der Waals surface area contributed by atoms with Gasteiger partial charge in [-0.3, -0.25) is 0 Å². The van der Waals surface area contributed by atoms with Crippen LogP contribution in [0.15, 0.2) is 0 Å². The first-order valence-corrected chi connectivity index (χ1v) is 5.42. The van der Waals surface area contributed by atoms with E-state index in [0.29, 0.717) is 0 Å². The van der Waals surface area contributed by atoms with Gasteiger partial charge in [0.25, 0.3) is 0 Å². The normalized spacial score (nSPS) is 32.5. The van der Waals surface area contributed by atoms with Gasteiger partial charge in [-0.05, 0) is 25.8 Å². The highest BCUT2D eigenvalue weighted by molar-refractivity contribution is 4.82. The lowest BCUT2D eigenvalue weighted by atomic mass is 9.95. The molecule has 2 N–H and O–H groups in total. The second-order valence-electron chi connectivity index (χ2n) is 4.19. The third-order valence-electron chi connectivity index (χ3n) is 3.14. The average molecular weight is 168 g/mol. The number of hydrogen-bond donors (Lipinski definition) is 2. The fraction of sp³-hybridized carbons (Fsp3) is 1.00. The summed E-state index contributed by atoms with van der Waals surface area (Å²) in [5.41, 5.74) is 0. The van der Waals surface area contributed by atoms with E-state index in [1.807, 2.05) is 0 Å². The second kappa shape index (κ2) is 4.24. The van der Waals surface area contributed by atoms with Crippen LogP contribution in [0, 0.1) is 0 Å². The van der Waals surface area contributed by atoms with Crippen LogP contribution < -0.4 is 10.6 Å². The molecule has 2 heteroatoms. The molecule has 0 spiro atoms. The first-order chi connectivity index (χ1) is 5.95. The summed E-state index contributed by atoms with van der Waals surface area (Å²) in [6.45, 7) is 2.40. The van der Waals surface area contributed by atoms with E-state index >= 15 is 0 Å². The number of hydrogen-bond acceptors (Lipinski definition) is 2. The Labute approximate surface area is 75.1 Å². The lowest BCUT2D eigenvalue weighted by Crippen LogP contribution is -2.40. The maximum Gasteiger partial charge on any atom is 0.0207 e. The van der Waals surface area contributed by atoms with Gasteiger partial charge in [-0.2, -0.15) is 0 Å². The smallest absolute Gasteiger partial charge is 0.0207 e. The van der Waals surface area contributed by atoms with Crippen molar-refractivity contribution in [2.75, 3.05) is 13.1 Å². The van der Waals surface area contributed by atoms with Crippen LogP contribution in [0.3, 0.4) is 0 Å². The largest absolute Gasteiger partial charge is 0.315 e. The zero-order valence-corrected chi connectivity index (χ0v) is 7.81. The molecule has 1 aliphatic heterocycles. The van der Waals surface area contributed by atoms with E-state index in [-0.39, 0.29) is 0 Å². The Hall–Kier alpha value is -0.0800. The van der Waals surface area contributed by atoms with Crippen LogP contribution in [0.5, 0.6) is 0 Å². The molecule has 1 saturated carbocycles. The van der Waals surface area contributed by atoms with Gasteiger partial charge in [-0.15, -0.1) is 0 Å². The Bertz CT molecular complexity index is 124. The third kappa shape index (κ3) is 2.20. The van der Waals surface area contributed by atoms with E-state index in [2.05, 4.69) is 10.6 Å². The van der Waals surface area contributed by atoms with Crippen LogP contribution >= 0.6 is 0 Å². The molecule has 2 rings (SSSR count). The molecule has 1 saturated heterocycles. The summed E-state index contributed by atoms with van der Waals surface area (Å²) in [4.78, 5) is 0. The Kier molecular flexibility index (Phi) is 3.01. The fourth-order valence-corrected chi connectivity index (χ4v) is 2.40. The van der Waals surface area contributed by atoms with Crippen LogP contribution in [-0.4, -0.2) is 25.2 Å². The zero-order valence-electron chi connectivity index (χ0n) is 7.81. The highest BCUT2D eigenvalue weighted by Gasteiger charge is 2.19. The van der Waals surface area contributed by atoms with Crippen molar-refractivity contribution in [3.05, 3.63) is 0 Å². The van der Waals surface area contributed by atoms with Crippen LogP contribution in [0.1, 0.15) is 38.5 Å². The van der Waals surface area contributed by atoms with Crippen molar-refractivity contribution in [3.8, 4) is 0 Å². The summed E-state index contributed by atoms with van der Waals surface area (Å²) in [7, 11) is 0. The summed E-state index contributed by atoms with van der Waals surface area (Å²) in [5.74, 6) is 0. The van der Waals surface area contributed by atoms with Crippen molar-refractivity contribution >= 4 is 0 Å². The Morgan fingerprint density at radius 1 is 0.917 bits per heavy atom. The molecular formula is C10H20N2. The first kappa shape index (κ1) is 8.52. The molecular weight excluding hydrogens is 148 g/mol. The van der Waals surface area contributed by atoms with E-state index in [1.54, 1.807) is 0 Å². The maximum atomic E-state index is 3.76. The van der Waals surface area contributed by atoms with Gasteiger partial charge >= 0.3 is 0 Å². The highest BCUT2D eigenvalue weighted by atomic mass is 15.0. The van der Waals surface area contributed by atoms with Crippen molar-refractivity contribution < 1.29 is 0 Å². The summed E-state index contributed by atoms with van der Waals surface area (Å²) < 4.78 is 0. The molecule has 70 valence electrons. The molecule has 0 aromatic heterocycles. The molecule has 1 heterocycles. The van der Waals surface area contributed by atoms with Gasteiger partial charge in [0.1, 0.15) is 0 Å². The third-order valence-corrected chi connectivity index (χ3v) is 3.14. The molecule has 0 aromatic rings. The summed E-state index contributed by atoms with van der Waals surface area (Å²) in [6, 6.07) is 1.61. The lowest BCUT2D eigenvalue weighted by Gasteiger charge is -2.25. The predicted molar refractivity (Wildman–Crippen MR) is 51.3 cm³/mol. The van der Waals surface area contributed by atoms with Crippen molar-refractivity contribution in [2.24, 2.45) is 0 Å². The maximum absolute atomic E-state index is 3.76. The Morgan fingerprint density at radius 2 is 1.75 bits per heavy atom. The van der Waals surface area contributed by atoms with E-state index in [1.165, 1.54) is 51.6 Å². The quantitative estimate of drug-likeness (QED) is 0.649. The molecule has 0 amide bonds. The van der Waals surface area contributed by atoms with Crippen molar-refractivity contribution in [3.63, 3.8) is 0 Å². The van der Waals surface area contributed by atoms with Gasteiger partial charge in [-0.1, -0.05) is 19.3 Å². The van der Waals surface area contributed by atoms with E-state index < -0.39 is 0 Å². The minimum atomic E-state index is 0.771. The van der Waals surface area contributed by atoms with Gasteiger partial charge in [0.15, 0.2) is 0 Å². The number of rotatable bonds is 2. The molecule has 2 nitrogen and oxygen atoms in total. The Balaban J connectivity index is 1.69. The van der Waals surface area contributed by atoms with Gasteiger partial charge in [0.05, 0.1) is 0 Å². The average Bonchev–Trinajstić information content (AvgIpc) is 2.59. The summed E-state index contributed by atoms with van der Waals surface area (Å²) >= 11 is 0. The monoisotopic (exact) mass is 168 g/mol. The van der Waals surface area contributed by atoms with Crippen molar-refractivity contribution in [1.29, 1.82) is 0 Å². The standard InChI is InChI=1S/C10H20N2/c1-2-4-9(5-3-1)12-10-6-7-11-8-10/h9-12H,1-8H2/t10-/m0/s1. The second-order valence-corrected chi connectivity index (χ2v) is 4.19.